The van der Waals surface area contributed by atoms with E-state index in [-0.39, 0.29) is 17.4 Å². The number of aryl methyl sites for hydroxylation is 1. The zero-order valence-electron chi connectivity index (χ0n) is 15.5. The summed E-state index contributed by atoms with van der Waals surface area (Å²) >= 11 is 3.41. The first-order chi connectivity index (χ1) is 13.4. The van der Waals surface area contributed by atoms with Gasteiger partial charge in [-0.3, -0.25) is 14.5 Å². The minimum Gasteiger partial charge on any atom is -0.385 e. The number of carbonyl (C=O) groups excluding carboxylic acids is 3. The van der Waals surface area contributed by atoms with Gasteiger partial charge in [0.05, 0.1) is 16.8 Å². The topological polar surface area (TPSA) is 87.7 Å². The van der Waals surface area contributed by atoms with Crippen LogP contribution in [0, 0.1) is 6.92 Å². The number of anilines is 2. The molecule has 8 heteroatoms. The number of hydrogen-bond donors (Lipinski definition) is 2. The number of benzene rings is 2. The van der Waals surface area contributed by atoms with Gasteiger partial charge in [0.2, 0.25) is 0 Å². The molecule has 0 saturated carbocycles. The smallest absolute Gasteiger partial charge is 0.323 e. The molecule has 0 bridgehead atoms. The van der Waals surface area contributed by atoms with E-state index in [4.69, 9.17) is 4.74 Å². The Morgan fingerprint density at radius 3 is 2.54 bits per heavy atom. The van der Waals surface area contributed by atoms with Gasteiger partial charge in [0.15, 0.2) is 0 Å². The Kier molecular flexibility index (Phi) is 6.11. The molecule has 146 valence electrons. The van der Waals surface area contributed by atoms with Crippen molar-refractivity contribution >= 4 is 45.2 Å². The summed E-state index contributed by atoms with van der Waals surface area (Å²) in [5, 5.41) is 5.44. The van der Waals surface area contributed by atoms with Crippen molar-refractivity contribution in [3.8, 4) is 0 Å². The van der Waals surface area contributed by atoms with Crippen LogP contribution in [0.2, 0.25) is 0 Å². The SMILES string of the molecule is COCCCN1C(=O)c2ccc(NC(=O)Nc3ccc(C)cc3Br)cc2C1=O. The highest BCUT2D eigenvalue weighted by Gasteiger charge is 2.35. The number of amides is 4. The predicted octanol–water partition coefficient (Wildman–Crippen LogP) is 4.03. The van der Waals surface area contributed by atoms with Crippen LogP contribution in [0.25, 0.3) is 0 Å². The summed E-state index contributed by atoms with van der Waals surface area (Å²) in [5.74, 6) is -0.683. The molecule has 0 spiro atoms. The van der Waals surface area contributed by atoms with Gasteiger partial charge in [-0.1, -0.05) is 6.07 Å². The monoisotopic (exact) mass is 445 g/mol. The molecule has 2 aromatic carbocycles. The van der Waals surface area contributed by atoms with E-state index in [1.165, 1.54) is 11.0 Å². The molecule has 1 aliphatic heterocycles. The van der Waals surface area contributed by atoms with Crippen molar-refractivity contribution in [3.63, 3.8) is 0 Å². The van der Waals surface area contributed by atoms with Gasteiger partial charge in [0, 0.05) is 30.4 Å². The number of carbonyl (C=O) groups is 3. The number of nitrogens with one attached hydrogen (secondary N) is 2. The normalized spacial score (nSPS) is 12.9. The molecule has 0 radical (unpaired) electrons. The fourth-order valence-corrected chi connectivity index (χ4v) is 3.54. The molecule has 1 aliphatic rings. The summed E-state index contributed by atoms with van der Waals surface area (Å²) in [4.78, 5) is 38.4. The number of hydrogen-bond acceptors (Lipinski definition) is 4. The molecular weight excluding hydrogens is 426 g/mol. The summed E-state index contributed by atoms with van der Waals surface area (Å²) in [5.41, 5.74) is 2.75. The molecule has 0 unspecified atom stereocenters. The third-order valence-corrected chi connectivity index (χ3v) is 4.99. The average Bonchev–Trinajstić information content (AvgIpc) is 2.89. The van der Waals surface area contributed by atoms with Crippen LogP contribution in [-0.4, -0.2) is 43.0 Å². The van der Waals surface area contributed by atoms with Crippen LogP contribution >= 0.6 is 15.9 Å². The highest BCUT2D eigenvalue weighted by Crippen LogP contribution is 2.27. The number of rotatable bonds is 6. The van der Waals surface area contributed by atoms with E-state index in [2.05, 4.69) is 26.6 Å². The average molecular weight is 446 g/mol. The number of fused-ring (bicyclic) bond motifs is 1. The van der Waals surface area contributed by atoms with E-state index < -0.39 is 6.03 Å². The minimum absolute atomic E-state index is 0.289. The van der Waals surface area contributed by atoms with Crippen molar-refractivity contribution in [1.29, 1.82) is 0 Å². The van der Waals surface area contributed by atoms with E-state index in [0.717, 1.165) is 10.0 Å². The highest BCUT2D eigenvalue weighted by molar-refractivity contribution is 9.10. The lowest BCUT2D eigenvalue weighted by molar-refractivity contribution is 0.0638. The molecule has 28 heavy (non-hydrogen) atoms. The molecule has 0 aliphatic carbocycles. The summed E-state index contributed by atoms with van der Waals surface area (Å²) in [6, 6.07) is 9.82. The van der Waals surface area contributed by atoms with Gasteiger partial charge in [0.1, 0.15) is 0 Å². The zero-order valence-corrected chi connectivity index (χ0v) is 17.1. The number of urea groups is 1. The van der Waals surface area contributed by atoms with Gasteiger partial charge in [-0.05, 0) is 65.2 Å². The van der Waals surface area contributed by atoms with E-state index in [1.807, 2.05) is 19.1 Å². The van der Waals surface area contributed by atoms with Crippen molar-refractivity contribution in [3.05, 3.63) is 57.6 Å². The summed E-state index contributed by atoms with van der Waals surface area (Å²) in [7, 11) is 1.57. The van der Waals surface area contributed by atoms with E-state index >= 15 is 0 Å². The molecule has 0 aromatic heterocycles. The number of imide groups is 1. The maximum Gasteiger partial charge on any atom is 0.323 e. The molecular formula is C20H20BrN3O4. The van der Waals surface area contributed by atoms with Gasteiger partial charge in [0.25, 0.3) is 11.8 Å². The standard InChI is InChI=1S/C20H20BrN3O4/c1-12-4-7-17(16(21)10-12)23-20(27)22-13-5-6-14-15(11-13)19(26)24(18(14)25)8-3-9-28-2/h4-7,10-11H,3,8-9H2,1-2H3,(H2,22,23,27). The molecule has 0 saturated heterocycles. The van der Waals surface area contributed by atoms with Crippen molar-refractivity contribution in [2.45, 2.75) is 13.3 Å². The first-order valence-corrected chi connectivity index (χ1v) is 9.53. The fourth-order valence-electron chi connectivity index (χ4n) is 2.94. The van der Waals surface area contributed by atoms with Crippen molar-refractivity contribution < 1.29 is 19.1 Å². The van der Waals surface area contributed by atoms with Gasteiger partial charge < -0.3 is 15.4 Å². The first-order valence-electron chi connectivity index (χ1n) is 8.74. The molecule has 3 rings (SSSR count). The van der Waals surface area contributed by atoms with E-state index in [9.17, 15) is 14.4 Å². The Morgan fingerprint density at radius 1 is 1.07 bits per heavy atom. The molecule has 0 fully saturated rings. The molecule has 4 amide bonds. The lowest BCUT2D eigenvalue weighted by Crippen LogP contribution is -2.31. The van der Waals surface area contributed by atoms with Crippen molar-refractivity contribution in [2.24, 2.45) is 0 Å². The molecule has 0 atom stereocenters. The maximum atomic E-state index is 12.5. The fraction of sp³-hybridized carbons (Fsp3) is 0.250. The first kappa shape index (κ1) is 20.0. The van der Waals surface area contributed by atoms with Gasteiger partial charge in [-0.2, -0.15) is 0 Å². The summed E-state index contributed by atoms with van der Waals surface area (Å²) in [6.07, 6.45) is 0.570. The van der Waals surface area contributed by atoms with Crippen LogP contribution in [-0.2, 0) is 4.74 Å². The lowest BCUT2D eigenvalue weighted by Gasteiger charge is -2.12. The maximum absolute atomic E-state index is 12.5. The minimum atomic E-state index is -0.446. The second kappa shape index (κ2) is 8.53. The Balaban J connectivity index is 1.70. The number of ether oxygens (including phenoxy) is 1. The Hall–Kier alpha value is -2.71. The van der Waals surface area contributed by atoms with Crippen LogP contribution in [0.3, 0.4) is 0 Å². The summed E-state index contributed by atoms with van der Waals surface area (Å²) in [6.45, 7) is 2.72. The van der Waals surface area contributed by atoms with Crippen LogP contribution in [0.5, 0.6) is 0 Å². The molecule has 2 aromatic rings. The second-order valence-electron chi connectivity index (χ2n) is 6.43. The Morgan fingerprint density at radius 2 is 1.82 bits per heavy atom. The molecule has 1 heterocycles. The van der Waals surface area contributed by atoms with Gasteiger partial charge >= 0.3 is 6.03 Å². The molecule has 2 N–H and O–H groups in total. The quantitative estimate of drug-likeness (QED) is 0.518. The van der Waals surface area contributed by atoms with Crippen LogP contribution in [0.15, 0.2) is 40.9 Å². The third kappa shape index (κ3) is 4.23. The van der Waals surface area contributed by atoms with Crippen molar-refractivity contribution in [2.75, 3.05) is 30.9 Å². The number of methoxy groups -OCH3 is 1. The van der Waals surface area contributed by atoms with Crippen LogP contribution in [0.4, 0.5) is 16.2 Å². The number of halogens is 1. The van der Waals surface area contributed by atoms with E-state index in [1.54, 1.807) is 25.3 Å². The van der Waals surface area contributed by atoms with Crippen LogP contribution < -0.4 is 10.6 Å². The second-order valence-corrected chi connectivity index (χ2v) is 7.29. The zero-order chi connectivity index (χ0) is 20.3. The summed E-state index contributed by atoms with van der Waals surface area (Å²) < 4.78 is 5.74. The third-order valence-electron chi connectivity index (χ3n) is 4.33. The van der Waals surface area contributed by atoms with Gasteiger partial charge in [-0.25, -0.2) is 4.79 Å². The lowest BCUT2D eigenvalue weighted by atomic mass is 10.1. The highest BCUT2D eigenvalue weighted by atomic mass is 79.9. The molecule has 7 nitrogen and oxygen atoms in total. The Bertz CT molecular complexity index is 945. The van der Waals surface area contributed by atoms with E-state index in [0.29, 0.717) is 36.5 Å². The van der Waals surface area contributed by atoms with Crippen LogP contribution in [0.1, 0.15) is 32.7 Å². The Labute approximate surface area is 171 Å². The van der Waals surface area contributed by atoms with Gasteiger partial charge in [-0.15, -0.1) is 0 Å². The number of nitrogens with zero attached hydrogens (tertiary/aromatic N) is 1. The largest absolute Gasteiger partial charge is 0.385 e. The predicted molar refractivity (Wildman–Crippen MR) is 110 cm³/mol. The van der Waals surface area contributed by atoms with Crippen molar-refractivity contribution in [1.82, 2.24) is 4.90 Å².